The van der Waals surface area contributed by atoms with Crippen LogP contribution in [0.5, 0.6) is 0 Å². The van der Waals surface area contributed by atoms with E-state index >= 15 is 4.39 Å². The fourth-order valence-corrected chi connectivity index (χ4v) is 3.36. The van der Waals surface area contributed by atoms with Crippen molar-refractivity contribution in [1.82, 2.24) is 25.5 Å². The van der Waals surface area contributed by atoms with E-state index in [0.29, 0.717) is 12.2 Å². The molecule has 2 heterocycles. The Morgan fingerprint density at radius 1 is 1.21 bits per heavy atom. The summed E-state index contributed by atoms with van der Waals surface area (Å²) in [6, 6.07) is 6.02. The predicted molar refractivity (Wildman–Crippen MR) is 117 cm³/mol. The Morgan fingerprint density at radius 3 is 2.62 bits per heavy atom. The molecule has 1 aromatic heterocycles. The molecule has 0 spiro atoms. The zero-order valence-electron chi connectivity index (χ0n) is 17.5. The Labute approximate surface area is 172 Å². The van der Waals surface area contributed by atoms with Gasteiger partial charge in [0.05, 0.1) is 22.4 Å². The average molecular weight is 396 g/mol. The lowest BCUT2D eigenvalue weighted by atomic mass is 10.1. The van der Waals surface area contributed by atoms with Crippen molar-refractivity contribution in [3.63, 3.8) is 0 Å². The smallest absolute Gasteiger partial charge is 0.148 e. The lowest BCUT2D eigenvalue weighted by Crippen LogP contribution is -2.44. The molecule has 2 N–H and O–H groups in total. The van der Waals surface area contributed by atoms with Gasteiger partial charge in [-0.15, -0.1) is 0 Å². The van der Waals surface area contributed by atoms with Gasteiger partial charge in [0, 0.05) is 45.1 Å². The Balaban J connectivity index is 1.85. The fourth-order valence-electron chi connectivity index (χ4n) is 3.36. The highest BCUT2D eigenvalue weighted by atomic mass is 19.1. The van der Waals surface area contributed by atoms with Gasteiger partial charge in [-0.2, -0.15) is 0 Å². The van der Waals surface area contributed by atoms with Gasteiger partial charge in [0.1, 0.15) is 5.83 Å². The van der Waals surface area contributed by atoms with E-state index in [2.05, 4.69) is 25.5 Å². The summed E-state index contributed by atoms with van der Waals surface area (Å²) in [6.07, 6.45) is 7.83. The summed E-state index contributed by atoms with van der Waals surface area (Å²) >= 11 is 0. The largest absolute Gasteiger partial charge is 0.379 e. The molecule has 1 aliphatic rings. The molecule has 1 saturated heterocycles. The third-order valence-corrected chi connectivity index (χ3v) is 5.15. The van der Waals surface area contributed by atoms with Crippen LogP contribution in [0.15, 0.2) is 65.5 Å². The van der Waals surface area contributed by atoms with Crippen molar-refractivity contribution in [2.75, 3.05) is 26.2 Å². The van der Waals surface area contributed by atoms with Crippen molar-refractivity contribution in [2.45, 2.75) is 33.7 Å². The van der Waals surface area contributed by atoms with Gasteiger partial charge < -0.3 is 15.5 Å². The van der Waals surface area contributed by atoms with Crippen LogP contribution < -0.4 is 10.6 Å². The standard InChI is InChI=1S/C23H30FN5/c1-4-17(3)14-19(24)23(29-12-10-25-11-13-29)20(5-2)28-16-18-6-7-21-22(15-18)27-9-8-26-21/h5-9,14-15,25,28H,4,10-13,16H2,1-3H3/b17-14+,20-5+,23-19-. The van der Waals surface area contributed by atoms with Crippen molar-refractivity contribution in [2.24, 2.45) is 0 Å². The van der Waals surface area contributed by atoms with Gasteiger partial charge in [0.2, 0.25) is 0 Å². The zero-order valence-corrected chi connectivity index (χ0v) is 17.5. The SMILES string of the molecule is C\C=C(NCc1ccc2nccnc2c1)/C(=C(F)\C=C(/C)CC)N1CCNCC1. The molecule has 2 aromatic rings. The number of rotatable bonds is 7. The molecule has 5 nitrogen and oxygen atoms in total. The number of aromatic nitrogens is 2. The quantitative estimate of drug-likeness (QED) is 0.693. The highest BCUT2D eigenvalue weighted by molar-refractivity contribution is 5.74. The molecule has 0 aliphatic carbocycles. The molecule has 29 heavy (non-hydrogen) atoms. The summed E-state index contributed by atoms with van der Waals surface area (Å²) in [5.74, 6) is -0.184. The van der Waals surface area contributed by atoms with Crippen molar-refractivity contribution < 1.29 is 4.39 Å². The van der Waals surface area contributed by atoms with Gasteiger partial charge in [0.25, 0.3) is 0 Å². The predicted octanol–water partition coefficient (Wildman–Crippen LogP) is 4.07. The number of hydrogen-bond donors (Lipinski definition) is 2. The van der Waals surface area contributed by atoms with Gasteiger partial charge in [0.15, 0.2) is 0 Å². The monoisotopic (exact) mass is 395 g/mol. The molecule has 0 radical (unpaired) electrons. The first-order valence-electron chi connectivity index (χ1n) is 10.2. The maximum absolute atomic E-state index is 15.3. The van der Waals surface area contributed by atoms with E-state index in [1.54, 1.807) is 18.5 Å². The molecule has 0 saturated carbocycles. The second-order valence-electron chi connectivity index (χ2n) is 7.21. The molecule has 0 bridgehead atoms. The molecule has 1 fully saturated rings. The van der Waals surface area contributed by atoms with Gasteiger partial charge in [-0.05, 0) is 44.0 Å². The Bertz CT molecular complexity index is 926. The second kappa shape index (κ2) is 10.2. The maximum Gasteiger partial charge on any atom is 0.148 e. The van der Waals surface area contributed by atoms with Gasteiger partial charge >= 0.3 is 0 Å². The van der Waals surface area contributed by atoms with Crippen LogP contribution in [0, 0.1) is 0 Å². The van der Waals surface area contributed by atoms with Crippen LogP contribution in [0.4, 0.5) is 4.39 Å². The van der Waals surface area contributed by atoms with E-state index in [-0.39, 0.29) is 5.83 Å². The minimum absolute atomic E-state index is 0.184. The van der Waals surface area contributed by atoms with Crippen LogP contribution in [0.1, 0.15) is 32.8 Å². The zero-order chi connectivity index (χ0) is 20.6. The highest BCUT2D eigenvalue weighted by Gasteiger charge is 2.20. The molecule has 0 unspecified atom stereocenters. The maximum atomic E-state index is 15.3. The number of nitrogens with zero attached hydrogens (tertiary/aromatic N) is 3. The van der Waals surface area contributed by atoms with Crippen LogP contribution in [0.25, 0.3) is 11.0 Å². The molecule has 154 valence electrons. The van der Waals surface area contributed by atoms with Crippen LogP contribution in [-0.2, 0) is 6.54 Å². The first kappa shape index (κ1) is 21.0. The van der Waals surface area contributed by atoms with E-state index in [9.17, 15) is 0 Å². The Morgan fingerprint density at radius 2 is 1.93 bits per heavy atom. The topological polar surface area (TPSA) is 53.1 Å². The van der Waals surface area contributed by atoms with Crippen molar-refractivity contribution in [3.05, 3.63) is 71.1 Å². The van der Waals surface area contributed by atoms with E-state index < -0.39 is 0 Å². The summed E-state index contributed by atoms with van der Waals surface area (Å²) < 4.78 is 15.3. The van der Waals surface area contributed by atoms with Crippen LogP contribution in [0.2, 0.25) is 0 Å². The third-order valence-electron chi connectivity index (χ3n) is 5.15. The van der Waals surface area contributed by atoms with E-state index in [0.717, 1.165) is 60.5 Å². The molecule has 1 aromatic carbocycles. The van der Waals surface area contributed by atoms with E-state index in [4.69, 9.17) is 0 Å². The molecular weight excluding hydrogens is 365 g/mol. The van der Waals surface area contributed by atoms with Crippen LogP contribution >= 0.6 is 0 Å². The van der Waals surface area contributed by atoms with Crippen molar-refractivity contribution in [1.29, 1.82) is 0 Å². The second-order valence-corrected chi connectivity index (χ2v) is 7.21. The number of allylic oxidation sites excluding steroid dienone is 4. The minimum Gasteiger partial charge on any atom is -0.379 e. The van der Waals surface area contributed by atoms with Crippen molar-refractivity contribution >= 4 is 11.0 Å². The van der Waals surface area contributed by atoms with Crippen LogP contribution in [-0.4, -0.2) is 41.0 Å². The first-order valence-corrected chi connectivity index (χ1v) is 10.2. The van der Waals surface area contributed by atoms with Crippen molar-refractivity contribution in [3.8, 4) is 0 Å². The molecule has 1 aliphatic heterocycles. The first-order chi connectivity index (χ1) is 14.1. The van der Waals surface area contributed by atoms with E-state index in [1.807, 2.05) is 45.0 Å². The number of benzene rings is 1. The number of fused-ring (bicyclic) bond motifs is 1. The van der Waals surface area contributed by atoms with Crippen LogP contribution in [0.3, 0.4) is 0 Å². The summed E-state index contributed by atoms with van der Waals surface area (Å²) in [6.45, 7) is 9.82. The minimum atomic E-state index is -0.184. The normalized spacial score (nSPS) is 16.8. The summed E-state index contributed by atoms with van der Waals surface area (Å²) in [4.78, 5) is 10.8. The average Bonchev–Trinajstić information content (AvgIpc) is 2.76. The molecule has 0 amide bonds. The molecular formula is C23H30FN5. The fraction of sp³-hybridized carbons (Fsp3) is 0.391. The lowest BCUT2D eigenvalue weighted by molar-refractivity contribution is 0.293. The summed E-state index contributed by atoms with van der Waals surface area (Å²) in [7, 11) is 0. The number of halogens is 1. The highest BCUT2D eigenvalue weighted by Crippen LogP contribution is 2.23. The number of nitrogens with one attached hydrogen (secondary N) is 2. The molecule has 3 rings (SSSR count). The summed E-state index contributed by atoms with van der Waals surface area (Å²) in [5.41, 5.74) is 5.29. The third kappa shape index (κ3) is 5.41. The van der Waals surface area contributed by atoms with Gasteiger partial charge in [-0.25, -0.2) is 4.39 Å². The van der Waals surface area contributed by atoms with Gasteiger partial charge in [-0.3, -0.25) is 9.97 Å². The lowest BCUT2D eigenvalue weighted by Gasteiger charge is -2.33. The molecule has 6 heteroatoms. The Hall–Kier alpha value is -2.73. The summed E-state index contributed by atoms with van der Waals surface area (Å²) in [5, 5.41) is 6.78. The van der Waals surface area contributed by atoms with E-state index in [1.165, 1.54) is 0 Å². The Kier molecular flexibility index (Phi) is 7.36. The number of piperazine rings is 1. The molecule has 0 atom stereocenters. The number of hydrogen-bond acceptors (Lipinski definition) is 5. The van der Waals surface area contributed by atoms with Gasteiger partial charge in [-0.1, -0.05) is 24.6 Å².